The van der Waals surface area contributed by atoms with Crippen LogP contribution in [0.4, 0.5) is 0 Å². The van der Waals surface area contributed by atoms with Crippen molar-refractivity contribution in [3.05, 3.63) is 0 Å². The molecule has 21 heavy (non-hydrogen) atoms. The first-order valence-corrected chi connectivity index (χ1v) is 8.61. The number of nitriles is 1. The Morgan fingerprint density at radius 2 is 1.76 bits per heavy atom. The zero-order valence-corrected chi connectivity index (χ0v) is 13.8. The molecule has 1 heterocycles. The van der Waals surface area contributed by atoms with Crippen LogP contribution >= 0.6 is 0 Å². The van der Waals surface area contributed by atoms with Gasteiger partial charge in [0.25, 0.3) is 0 Å². The van der Waals surface area contributed by atoms with Gasteiger partial charge in [-0.05, 0) is 38.8 Å². The number of unbranched alkanes of at least 4 members (excludes halogenated alkanes) is 2. The molecule has 0 bridgehead atoms. The molecule has 0 saturated carbocycles. The summed E-state index contributed by atoms with van der Waals surface area (Å²) in [4.78, 5) is 17.1. The average Bonchev–Trinajstić information content (AvgIpc) is 2.53. The van der Waals surface area contributed by atoms with E-state index in [1.54, 1.807) is 0 Å². The number of piperidine rings is 1. The second-order valence-corrected chi connectivity index (χ2v) is 6.06. The van der Waals surface area contributed by atoms with Crippen molar-refractivity contribution in [3.8, 4) is 6.07 Å². The van der Waals surface area contributed by atoms with E-state index in [9.17, 15) is 4.79 Å². The van der Waals surface area contributed by atoms with Crippen LogP contribution in [0, 0.1) is 17.2 Å². The van der Waals surface area contributed by atoms with Crippen LogP contribution in [0.1, 0.15) is 58.8 Å². The van der Waals surface area contributed by atoms with Crippen molar-refractivity contribution in [2.45, 2.75) is 58.8 Å². The molecule has 0 spiro atoms. The fourth-order valence-electron chi connectivity index (χ4n) is 2.90. The maximum absolute atomic E-state index is 12.7. The monoisotopic (exact) mass is 293 g/mol. The summed E-state index contributed by atoms with van der Waals surface area (Å²) >= 11 is 0. The van der Waals surface area contributed by atoms with Crippen LogP contribution in [-0.4, -0.2) is 48.4 Å². The predicted molar refractivity (Wildman–Crippen MR) is 85.8 cm³/mol. The van der Waals surface area contributed by atoms with Gasteiger partial charge in [0.15, 0.2) is 0 Å². The minimum atomic E-state index is 0.206. The number of amides is 1. The van der Waals surface area contributed by atoms with E-state index in [2.05, 4.69) is 29.7 Å². The molecule has 4 nitrogen and oxygen atoms in total. The third kappa shape index (κ3) is 6.48. The van der Waals surface area contributed by atoms with E-state index < -0.39 is 0 Å². The Balaban J connectivity index is 2.42. The number of hydrogen-bond donors (Lipinski definition) is 0. The highest BCUT2D eigenvalue weighted by atomic mass is 16.2. The lowest BCUT2D eigenvalue weighted by molar-refractivity contribution is -0.137. The van der Waals surface area contributed by atoms with Crippen molar-refractivity contribution < 1.29 is 4.79 Å². The van der Waals surface area contributed by atoms with E-state index in [0.29, 0.717) is 12.3 Å². The van der Waals surface area contributed by atoms with Gasteiger partial charge in [-0.25, -0.2) is 0 Å². The molecule has 0 aromatic heterocycles. The van der Waals surface area contributed by atoms with Gasteiger partial charge in [0, 0.05) is 32.0 Å². The van der Waals surface area contributed by atoms with Gasteiger partial charge in [0.1, 0.15) is 0 Å². The lowest BCUT2D eigenvalue weighted by Crippen LogP contribution is -2.43. The number of likely N-dealkylation sites (tertiary alicyclic amines) is 1. The van der Waals surface area contributed by atoms with Crippen molar-refractivity contribution in [3.63, 3.8) is 0 Å². The van der Waals surface area contributed by atoms with Gasteiger partial charge >= 0.3 is 0 Å². The number of rotatable bonds is 9. The smallest absolute Gasteiger partial charge is 0.225 e. The number of nitrogens with zero attached hydrogens (tertiary/aromatic N) is 3. The predicted octanol–water partition coefficient (Wildman–Crippen LogP) is 3.04. The fourth-order valence-corrected chi connectivity index (χ4v) is 2.90. The number of carbonyl (C=O) groups is 1. The fraction of sp³-hybridized carbons (Fsp3) is 0.882. The molecule has 0 N–H and O–H groups in total. The average molecular weight is 293 g/mol. The largest absolute Gasteiger partial charge is 0.342 e. The molecule has 0 atom stereocenters. The molecule has 1 rings (SSSR count). The molecule has 0 aromatic rings. The van der Waals surface area contributed by atoms with Gasteiger partial charge in [-0.15, -0.1) is 0 Å². The molecule has 0 aromatic carbocycles. The zero-order valence-electron chi connectivity index (χ0n) is 13.8. The molecule has 0 radical (unpaired) electrons. The first kappa shape index (κ1) is 18.0. The summed E-state index contributed by atoms with van der Waals surface area (Å²) in [5.74, 6) is 0.578. The van der Waals surface area contributed by atoms with Gasteiger partial charge in [0.2, 0.25) is 5.91 Å². The topological polar surface area (TPSA) is 47.3 Å². The Labute approximate surface area is 130 Å². The van der Waals surface area contributed by atoms with E-state index >= 15 is 0 Å². The molecule has 0 unspecified atom stereocenters. The summed E-state index contributed by atoms with van der Waals surface area (Å²) in [5.41, 5.74) is 0. The maximum Gasteiger partial charge on any atom is 0.225 e. The second kappa shape index (κ2) is 10.6. The van der Waals surface area contributed by atoms with Crippen LogP contribution in [0.25, 0.3) is 0 Å². The summed E-state index contributed by atoms with van der Waals surface area (Å²) in [6.45, 7) is 8.98. The van der Waals surface area contributed by atoms with Crippen molar-refractivity contribution in [1.29, 1.82) is 5.26 Å². The SMILES string of the molecule is CCCCN(CCCC)C(=O)C1CCN(CCC#N)CC1. The number of carbonyl (C=O) groups excluding carboxylic acids is 1. The van der Waals surface area contributed by atoms with E-state index in [4.69, 9.17) is 5.26 Å². The summed E-state index contributed by atoms with van der Waals surface area (Å²) < 4.78 is 0. The van der Waals surface area contributed by atoms with Gasteiger partial charge in [-0.2, -0.15) is 5.26 Å². The maximum atomic E-state index is 12.7. The van der Waals surface area contributed by atoms with Crippen molar-refractivity contribution in [2.75, 3.05) is 32.7 Å². The highest BCUT2D eigenvalue weighted by molar-refractivity contribution is 5.79. The van der Waals surface area contributed by atoms with Gasteiger partial charge in [-0.1, -0.05) is 26.7 Å². The third-order valence-corrected chi connectivity index (χ3v) is 4.35. The van der Waals surface area contributed by atoms with Gasteiger partial charge in [-0.3, -0.25) is 4.79 Å². The molecule has 1 aliphatic rings. The number of hydrogen-bond acceptors (Lipinski definition) is 3. The molecular weight excluding hydrogens is 262 g/mol. The summed E-state index contributed by atoms with van der Waals surface area (Å²) in [5, 5.41) is 8.64. The quantitative estimate of drug-likeness (QED) is 0.656. The molecule has 1 aliphatic heterocycles. The highest BCUT2D eigenvalue weighted by Gasteiger charge is 2.27. The Hall–Kier alpha value is -1.08. The van der Waals surface area contributed by atoms with Crippen LogP contribution < -0.4 is 0 Å². The van der Waals surface area contributed by atoms with Crippen LogP contribution in [0.5, 0.6) is 0 Å². The molecule has 120 valence electrons. The summed E-state index contributed by atoms with van der Waals surface area (Å²) in [7, 11) is 0. The molecule has 0 aliphatic carbocycles. The first-order chi connectivity index (χ1) is 10.2. The van der Waals surface area contributed by atoms with Crippen molar-refractivity contribution >= 4 is 5.91 Å². The van der Waals surface area contributed by atoms with Crippen LogP contribution in [0.3, 0.4) is 0 Å². The summed E-state index contributed by atoms with van der Waals surface area (Å²) in [6.07, 6.45) is 7.01. The van der Waals surface area contributed by atoms with E-state index in [1.807, 2.05) is 0 Å². The molecule has 1 amide bonds. The Bertz CT molecular complexity index is 321. The molecule has 1 saturated heterocycles. The Morgan fingerprint density at radius 1 is 1.19 bits per heavy atom. The van der Waals surface area contributed by atoms with Crippen LogP contribution in [0.15, 0.2) is 0 Å². The molecule has 1 fully saturated rings. The second-order valence-electron chi connectivity index (χ2n) is 6.06. The highest BCUT2D eigenvalue weighted by Crippen LogP contribution is 2.20. The van der Waals surface area contributed by atoms with Crippen molar-refractivity contribution in [1.82, 2.24) is 9.80 Å². The standard InChI is InChI=1S/C17H31N3O/c1-3-5-12-20(13-6-4-2)17(21)16-8-14-19(15-9-16)11-7-10-18/h16H,3-9,11-15H2,1-2H3. The Morgan fingerprint density at radius 3 is 2.24 bits per heavy atom. The van der Waals surface area contributed by atoms with E-state index in [0.717, 1.165) is 71.2 Å². The zero-order chi connectivity index (χ0) is 15.5. The lowest BCUT2D eigenvalue weighted by atomic mass is 9.95. The first-order valence-electron chi connectivity index (χ1n) is 8.61. The van der Waals surface area contributed by atoms with Gasteiger partial charge in [0.05, 0.1) is 6.07 Å². The lowest BCUT2D eigenvalue weighted by Gasteiger charge is -2.34. The normalized spacial score (nSPS) is 16.6. The Kier molecular flexibility index (Phi) is 9.09. The third-order valence-electron chi connectivity index (χ3n) is 4.35. The molecular formula is C17H31N3O. The van der Waals surface area contributed by atoms with Crippen molar-refractivity contribution in [2.24, 2.45) is 5.92 Å². The minimum Gasteiger partial charge on any atom is -0.342 e. The van der Waals surface area contributed by atoms with Crippen LogP contribution in [0.2, 0.25) is 0 Å². The van der Waals surface area contributed by atoms with E-state index in [1.165, 1.54) is 0 Å². The van der Waals surface area contributed by atoms with Crippen LogP contribution in [-0.2, 0) is 4.79 Å². The minimum absolute atomic E-state index is 0.206. The summed E-state index contributed by atoms with van der Waals surface area (Å²) in [6, 6.07) is 2.20. The van der Waals surface area contributed by atoms with Gasteiger partial charge < -0.3 is 9.80 Å². The van der Waals surface area contributed by atoms with E-state index in [-0.39, 0.29) is 5.92 Å². The molecule has 4 heteroatoms.